The van der Waals surface area contributed by atoms with Gasteiger partial charge in [0, 0.05) is 32.6 Å². The molecule has 1 rings (SSSR count). The third kappa shape index (κ3) is 7.27. The van der Waals surface area contributed by atoms with Gasteiger partial charge in [0.25, 0.3) is 0 Å². The van der Waals surface area contributed by atoms with Gasteiger partial charge in [-0.15, -0.1) is 0 Å². The first-order chi connectivity index (χ1) is 8.68. The van der Waals surface area contributed by atoms with Crippen LogP contribution in [0.5, 0.6) is 0 Å². The second-order valence-electron chi connectivity index (χ2n) is 4.82. The van der Waals surface area contributed by atoms with E-state index in [9.17, 15) is 9.59 Å². The van der Waals surface area contributed by atoms with E-state index >= 15 is 0 Å². The van der Waals surface area contributed by atoms with Gasteiger partial charge in [-0.25, -0.2) is 0 Å². The Labute approximate surface area is 108 Å². The fourth-order valence-corrected chi connectivity index (χ4v) is 2.04. The number of ether oxygens (including phenoxy) is 1. The number of carboxylic acids is 1. The number of hydrogen-bond acceptors (Lipinski definition) is 3. The lowest BCUT2D eigenvalue weighted by Crippen LogP contribution is -2.24. The Hall–Kier alpha value is -1.10. The van der Waals surface area contributed by atoms with Crippen molar-refractivity contribution in [3.63, 3.8) is 0 Å². The van der Waals surface area contributed by atoms with E-state index in [-0.39, 0.29) is 12.3 Å². The molecule has 1 aliphatic heterocycles. The quantitative estimate of drug-likeness (QED) is 0.615. The minimum atomic E-state index is -0.752. The van der Waals surface area contributed by atoms with Crippen LogP contribution in [0.1, 0.15) is 44.9 Å². The standard InChI is InChI=1S/C13H23NO4/c15-12(6-5-11-7-9-18-10-11)14-8-3-1-2-4-13(16)17/h11H,1-10H2,(H,14,15)(H,16,17). The van der Waals surface area contributed by atoms with Crippen LogP contribution in [0, 0.1) is 5.92 Å². The molecule has 0 aliphatic carbocycles. The Kier molecular flexibility index (Phi) is 7.41. The van der Waals surface area contributed by atoms with Crippen molar-refractivity contribution < 1.29 is 19.4 Å². The maximum Gasteiger partial charge on any atom is 0.303 e. The minimum Gasteiger partial charge on any atom is -0.481 e. The summed E-state index contributed by atoms with van der Waals surface area (Å²) in [4.78, 5) is 21.8. The Morgan fingerprint density at radius 1 is 1.22 bits per heavy atom. The summed E-state index contributed by atoms with van der Waals surface area (Å²) < 4.78 is 5.25. The monoisotopic (exact) mass is 257 g/mol. The largest absolute Gasteiger partial charge is 0.481 e. The second-order valence-corrected chi connectivity index (χ2v) is 4.82. The second kappa shape index (κ2) is 8.91. The van der Waals surface area contributed by atoms with Crippen molar-refractivity contribution in [2.75, 3.05) is 19.8 Å². The highest BCUT2D eigenvalue weighted by Gasteiger charge is 2.16. The van der Waals surface area contributed by atoms with E-state index in [0.29, 0.717) is 25.3 Å². The van der Waals surface area contributed by atoms with Crippen molar-refractivity contribution >= 4 is 11.9 Å². The average molecular weight is 257 g/mol. The van der Waals surface area contributed by atoms with Crippen LogP contribution in [-0.4, -0.2) is 36.7 Å². The van der Waals surface area contributed by atoms with Crippen LogP contribution in [0.15, 0.2) is 0 Å². The molecule has 1 atom stereocenters. The number of aliphatic carboxylic acids is 1. The first kappa shape index (κ1) is 15.0. The number of rotatable bonds is 9. The molecule has 0 aromatic carbocycles. The van der Waals surface area contributed by atoms with Gasteiger partial charge in [0.2, 0.25) is 5.91 Å². The Morgan fingerprint density at radius 2 is 2.06 bits per heavy atom. The Balaban J connectivity index is 1.88. The van der Waals surface area contributed by atoms with Crippen LogP contribution >= 0.6 is 0 Å². The minimum absolute atomic E-state index is 0.0973. The molecule has 0 saturated carbocycles. The van der Waals surface area contributed by atoms with Crippen LogP contribution < -0.4 is 5.32 Å². The molecule has 1 unspecified atom stereocenters. The van der Waals surface area contributed by atoms with Gasteiger partial charge in [-0.3, -0.25) is 9.59 Å². The molecule has 1 heterocycles. The first-order valence-corrected chi connectivity index (χ1v) is 6.74. The fraction of sp³-hybridized carbons (Fsp3) is 0.846. The van der Waals surface area contributed by atoms with E-state index in [4.69, 9.17) is 9.84 Å². The van der Waals surface area contributed by atoms with Crippen LogP contribution in [0.3, 0.4) is 0 Å². The molecule has 0 spiro atoms. The van der Waals surface area contributed by atoms with E-state index in [0.717, 1.165) is 38.9 Å². The van der Waals surface area contributed by atoms with Crippen molar-refractivity contribution in [2.45, 2.75) is 44.9 Å². The van der Waals surface area contributed by atoms with E-state index in [1.54, 1.807) is 0 Å². The smallest absolute Gasteiger partial charge is 0.303 e. The highest BCUT2D eigenvalue weighted by Crippen LogP contribution is 2.17. The van der Waals surface area contributed by atoms with Gasteiger partial charge in [-0.2, -0.15) is 0 Å². The molecule has 1 aliphatic rings. The van der Waals surface area contributed by atoms with Crippen LogP contribution in [0.4, 0.5) is 0 Å². The summed E-state index contributed by atoms with van der Waals surface area (Å²) in [6, 6.07) is 0. The van der Waals surface area contributed by atoms with Gasteiger partial charge in [-0.05, 0) is 31.6 Å². The van der Waals surface area contributed by atoms with Gasteiger partial charge in [0.1, 0.15) is 0 Å². The molecule has 1 saturated heterocycles. The van der Waals surface area contributed by atoms with Crippen LogP contribution in [0.2, 0.25) is 0 Å². The number of hydrogen-bond donors (Lipinski definition) is 2. The normalized spacial score (nSPS) is 18.8. The highest BCUT2D eigenvalue weighted by molar-refractivity contribution is 5.75. The summed E-state index contributed by atoms with van der Waals surface area (Å²) in [5.41, 5.74) is 0. The molecule has 5 heteroatoms. The summed E-state index contributed by atoms with van der Waals surface area (Å²) >= 11 is 0. The molecule has 104 valence electrons. The maximum atomic E-state index is 11.5. The van der Waals surface area contributed by atoms with E-state index in [1.165, 1.54) is 0 Å². The zero-order valence-electron chi connectivity index (χ0n) is 10.8. The molecule has 1 amide bonds. The van der Waals surface area contributed by atoms with E-state index in [2.05, 4.69) is 5.32 Å². The van der Waals surface area contributed by atoms with Crippen LogP contribution in [0.25, 0.3) is 0 Å². The lowest BCUT2D eigenvalue weighted by molar-refractivity contribution is -0.137. The summed E-state index contributed by atoms with van der Waals surface area (Å²) in [5.74, 6) is -0.107. The van der Waals surface area contributed by atoms with Crippen molar-refractivity contribution in [1.82, 2.24) is 5.32 Å². The van der Waals surface area contributed by atoms with E-state index in [1.807, 2.05) is 0 Å². The lowest BCUT2D eigenvalue weighted by Gasteiger charge is -2.08. The number of unbranched alkanes of at least 4 members (excludes halogenated alkanes) is 2. The Bertz CT molecular complexity index is 262. The van der Waals surface area contributed by atoms with Gasteiger partial charge in [0.15, 0.2) is 0 Å². The number of carbonyl (C=O) groups excluding carboxylic acids is 1. The predicted molar refractivity (Wildman–Crippen MR) is 67.3 cm³/mol. The topological polar surface area (TPSA) is 75.6 Å². The van der Waals surface area contributed by atoms with Crippen molar-refractivity contribution in [3.05, 3.63) is 0 Å². The molecule has 0 bridgehead atoms. The maximum absolute atomic E-state index is 11.5. The summed E-state index contributed by atoms with van der Waals surface area (Å²) in [6.45, 7) is 2.28. The zero-order chi connectivity index (χ0) is 13.2. The first-order valence-electron chi connectivity index (χ1n) is 6.74. The highest BCUT2D eigenvalue weighted by atomic mass is 16.5. The average Bonchev–Trinajstić information content (AvgIpc) is 2.83. The molecular weight excluding hydrogens is 234 g/mol. The molecule has 2 N–H and O–H groups in total. The molecule has 18 heavy (non-hydrogen) atoms. The van der Waals surface area contributed by atoms with Crippen molar-refractivity contribution in [3.8, 4) is 0 Å². The van der Waals surface area contributed by atoms with Gasteiger partial charge in [0.05, 0.1) is 0 Å². The summed E-state index contributed by atoms with van der Waals surface area (Å²) in [6.07, 6.45) is 5.16. The SMILES string of the molecule is O=C(O)CCCCCNC(=O)CCC1CCOC1. The number of carboxylic acid groups (broad SMARTS) is 1. The lowest BCUT2D eigenvalue weighted by atomic mass is 10.0. The molecule has 0 aromatic heterocycles. The Morgan fingerprint density at radius 3 is 2.72 bits per heavy atom. The van der Waals surface area contributed by atoms with Crippen molar-refractivity contribution in [2.24, 2.45) is 5.92 Å². The van der Waals surface area contributed by atoms with Gasteiger partial charge < -0.3 is 15.2 Å². The fourth-order valence-electron chi connectivity index (χ4n) is 2.04. The summed E-state index contributed by atoms with van der Waals surface area (Å²) in [7, 11) is 0. The number of carbonyl (C=O) groups is 2. The molecule has 5 nitrogen and oxygen atoms in total. The molecule has 0 radical (unpaired) electrons. The van der Waals surface area contributed by atoms with E-state index < -0.39 is 5.97 Å². The zero-order valence-corrected chi connectivity index (χ0v) is 10.8. The number of amides is 1. The van der Waals surface area contributed by atoms with Crippen LogP contribution in [-0.2, 0) is 14.3 Å². The third-order valence-corrected chi connectivity index (χ3v) is 3.19. The molecular formula is C13H23NO4. The number of nitrogens with one attached hydrogen (secondary N) is 1. The molecule has 1 fully saturated rings. The summed E-state index contributed by atoms with van der Waals surface area (Å²) in [5, 5.41) is 11.3. The third-order valence-electron chi connectivity index (χ3n) is 3.19. The van der Waals surface area contributed by atoms with Gasteiger partial charge >= 0.3 is 5.97 Å². The van der Waals surface area contributed by atoms with Crippen molar-refractivity contribution in [1.29, 1.82) is 0 Å². The molecule has 0 aromatic rings. The van der Waals surface area contributed by atoms with Gasteiger partial charge in [-0.1, -0.05) is 6.42 Å². The predicted octanol–water partition coefficient (Wildman–Crippen LogP) is 1.56.